The van der Waals surface area contributed by atoms with Gasteiger partial charge in [-0.25, -0.2) is 0 Å². The second-order valence-electron chi connectivity index (χ2n) is 9.07. The molecule has 3 unspecified atom stereocenters. The normalized spacial score (nSPS) is 20.4. The van der Waals surface area contributed by atoms with Crippen LogP contribution in [0.15, 0.2) is 66.4 Å². The van der Waals surface area contributed by atoms with E-state index in [9.17, 15) is 9.90 Å². The molecule has 0 spiro atoms. The lowest BCUT2D eigenvalue weighted by Gasteiger charge is -2.33. The molecule has 7 nitrogen and oxygen atoms in total. The molecular formula is C29H29ClN2O5. The van der Waals surface area contributed by atoms with Gasteiger partial charge in [-0.2, -0.15) is 0 Å². The highest BCUT2D eigenvalue weighted by Crippen LogP contribution is 2.47. The Morgan fingerprint density at radius 2 is 1.70 bits per heavy atom. The molecule has 0 saturated heterocycles. The minimum atomic E-state index is -0.501. The van der Waals surface area contributed by atoms with Gasteiger partial charge in [0.1, 0.15) is 5.78 Å². The number of carbonyl (C=O) groups is 1. The van der Waals surface area contributed by atoms with Crippen LogP contribution in [0.5, 0.6) is 23.0 Å². The van der Waals surface area contributed by atoms with Gasteiger partial charge in [-0.1, -0.05) is 35.9 Å². The first-order chi connectivity index (χ1) is 17.9. The third-order valence-electron chi connectivity index (χ3n) is 6.88. The van der Waals surface area contributed by atoms with E-state index < -0.39 is 12.0 Å². The van der Waals surface area contributed by atoms with Crippen molar-refractivity contribution in [2.75, 3.05) is 31.5 Å². The largest absolute Gasteiger partial charge is 0.503 e. The number of allylic oxidation sites excluding steroid dienone is 1. The van der Waals surface area contributed by atoms with Gasteiger partial charge in [0, 0.05) is 18.0 Å². The molecular weight excluding hydrogens is 492 g/mol. The highest BCUT2D eigenvalue weighted by molar-refractivity contribution is 6.32. The van der Waals surface area contributed by atoms with Gasteiger partial charge < -0.3 is 30.0 Å². The Morgan fingerprint density at radius 3 is 2.43 bits per heavy atom. The van der Waals surface area contributed by atoms with Crippen LogP contribution in [0.1, 0.15) is 36.4 Å². The SMILES string of the molecule is CCOc1ccc(C2C=C3Nc4ccccc4NC(c4cc(Cl)c(O)c(OC)c4)C3C(=O)C2)cc1OC. The average molecular weight is 521 g/mol. The number of halogens is 1. The quantitative estimate of drug-likeness (QED) is 0.351. The molecule has 37 heavy (non-hydrogen) atoms. The summed E-state index contributed by atoms with van der Waals surface area (Å²) in [6.07, 6.45) is 2.45. The molecule has 2 aliphatic rings. The van der Waals surface area contributed by atoms with E-state index in [1.54, 1.807) is 19.2 Å². The summed E-state index contributed by atoms with van der Waals surface area (Å²) in [4.78, 5) is 13.8. The van der Waals surface area contributed by atoms with Crippen molar-refractivity contribution in [1.82, 2.24) is 0 Å². The lowest BCUT2D eigenvalue weighted by atomic mass is 9.76. The molecule has 3 N–H and O–H groups in total. The number of nitrogens with one attached hydrogen (secondary N) is 2. The predicted octanol–water partition coefficient (Wildman–Crippen LogP) is 6.30. The first-order valence-electron chi connectivity index (χ1n) is 12.2. The Kier molecular flexibility index (Phi) is 6.89. The number of benzene rings is 3. The number of phenols is 1. The van der Waals surface area contributed by atoms with Crippen molar-refractivity contribution in [3.63, 3.8) is 0 Å². The van der Waals surface area contributed by atoms with Crippen molar-refractivity contribution in [1.29, 1.82) is 0 Å². The Bertz CT molecular complexity index is 1370. The summed E-state index contributed by atoms with van der Waals surface area (Å²) < 4.78 is 16.6. The van der Waals surface area contributed by atoms with Gasteiger partial charge in [-0.15, -0.1) is 0 Å². The van der Waals surface area contributed by atoms with E-state index in [1.807, 2.05) is 49.4 Å². The third-order valence-corrected chi connectivity index (χ3v) is 7.17. The molecule has 3 atom stereocenters. The maximum absolute atomic E-state index is 13.8. The van der Waals surface area contributed by atoms with Gasteiger partial charge in [-0.05, 0) is 54.4 Å². The van der Waals surface area contributed by atoms with Crippen LogP contribution in [0.25, 0.3) is 0 Å². The number of methoxy groups -OCH3 is 2. The van der Waals surface area contributed by atoms with Gasteiger partial charge in [0.15, 0.2) is 23.0 Å². The maximum atomic E-state index is 13.8. The highest BCUT2D eigenvalue weighted by Gasteiger charge is 2.40. The number of hydrogen-bond acceptors (Lipinski definition) is 7. The van der Waals surface area contributed by atoms with Crippen LogP contribution in [0.3, 0.4) is 0 Å². The maximum Gasteiger partial charge on any atom is 0.176 e. The number of carbonyl (C=O) groups excluding carboxylic acids is 1. The Morgan fingerprint density at radius 1 is 0.973 bits per heavy atom. The minimum absolute atomic E-state index is 0.0799. The topological polar surface area (TPSA) is 89.0 Å². The number of para-hydroxylation sites is 2. The summed E-state index contributed by atoms with van der Waals surface area (Å²) in [6.45, 7) is 2.46. The fraction of sp³-hybridized carbons (Fsp3) is 0.276. The lowest BCUT2D eigenvalue weighted by molar-refractivity contribution is -0.122. The molecule has 192 valence electrons. The standard InChI is InChI=1S/C29H29ClN2O5/c1-4-37-24-10-9-16(14-25(24)35-2)17-12-22-27(23(33)13-17)28(32-21-8-6-5-7-20(21)31-22)18-11-19(30)29(34)26(15-18)36-3/h5-12,14-15,17,27-28,31-32,34H,4,13H2,1-3H3. The van der Waals surface area contributed by atoms with Gasteiger partial charge in [0.2, 0.25) is 0 Å². The third kappa shape index (κ3) is 4.67. The summed E-state index contributed by atoms with van der Waals surface area (Å²) in [6, 6.07) is 16.6. The fourth-order valence-corrected chi connectivity index (χ4v) is 5.33. The number of hydrogen-bond donors (Lipinski definition) is 3. The first-order valence-corrected chi connectivity index (χ1v) is 12.5. The summed E-state index contributed by atoms with van der Waals surface area (Å²) in [5.41, 5.74) is 4.25. The molecule has 1 aliphatic heterocycles. The van der Waals surface area contributed by atoms with E-state index in [1.165, 1.54) is 7.11 Å². The number of ketones is 1. The van der Waals surface area contributed by atoms with Crippen LogP contribution >= 0.6 is 11.6 Å². The van der Waals surface area contributed by atoms with Crippen LogP contribution in [0, 0.1) is 5.92 Å². The second-order valence-corrected chi connectivity index (χ2v) is 9.47. The van der Waals surface area contributed by atoms with Crippen molar-refractivity contribution in [2.45, 2.75) is 25.3 Å². The first kappa shape index (κ1) is 24.8. The zero-order valence-electron chi connectivity index (χ0n) is 20.9. The molecule has 8 heteroatoms. The van der Waals surface area contributed by atoms with Crippen LogP contribution in [-0.2, 0) is 4.79 Å². The van der Waals surface area contributed by atoms with Gasteiger partial charge in [0.05, 0.1) is 49.2 Å². The van der Waals surface area contributed by atoms with Crippen molar-refractivity contribution in [2.24, 2.45) is 5.92 Å². The lowest BCUT2D eigenvalue weighted by Crippen LogP contribution is -2.33. The molecule has 0 radical (unpaired) electrons. The number of anilines is 2. The van der Waals surface area contributed by atoms with E-state index in [2.05, 4.69) is 16.7 Å². The molecule has 0 fully saturated rings. The summed E-state index contributed by atoms with van der Waals surface area (Å²) >= 11 is 6.34. The van der Waals surface area contributed by atoms with Crippen LogP contribution in [-0.4, -0.2) is 31.7 Å². The van der Waals surface area contributed by atoms with E-state index in [4.69, 9.17) is 25.8 Å². The zero-order valence-corrected chi connectivity index (χ0v) is 21.6. The van der Waals surface area contributed by atoms with Gasteiger partial charge >= 0.3 is 0 Å². The second kappa shape index (κ2) is 10.3. The molecule has 3 aromatic rings. The predicted molar refractivity (Wildman–Crippen MR) is 144 cm³/mol. The fourth-order valence-electron chi connectivity index (χ4n) is 5.11. The minimum Gasteiger partial charge on any atom is -0.503 e. The van der Waals surface area contributed by atoms with E-state index in [-0.39, 0.29) is 28.2 Å². The van der Waals surface area contributed by atoms with Gasteiger partial charge in [0.25, 0.3) is 0 Å². The van der Waals surface area contributed by atoms with Crippen LogP contribution < -0.4 is 24.8 Å². The number of fused-ring (bicyclic) bond motifs is 2. The number of Topliss-reactive ketones (excluding diaryl/α,β-unsaturated/α-hetero) is 1. The highest BCUT2D eigenvalue weighted by atomic mass is 35.5. The smallest absolute Gasteiger partial charge is 0.176 e. The van der Waals surface area contributed by atoms with Crippen LogP contribution in [0.4, 0.5) is 11.4 Å². The summed E-state index contributed by atoms with van der Waals surface area (Å²) in [5, 5.41) is 17.5. The average Bonchev–Trinajstić information content (AvgIpc) is 3.07. The monoisotopic (exact) mass is 520 g/mol. The summed E-state index contributed by atoms with van der Waals surface area (Å²) in [5.74, 6) is 0.870. The van der Waals surface area contributed by atoms with E-state index >= 15 is 0 Å². The summed E-state index contributed by atoms with van der Waals surface area (Å²) in [7, 11) is 3.08. The Hall–Kier alpha value is -3.84. The van der Waals surface area contributed by atoms with E-state index in [0.717, 1.165) is 28.2 Å². The van der Waals surface area contributed by atoms with Crippen molar-refractivity contribution in [3.8, 4) is 23.0 Å². The number of aromatic hydroxyl groups is 1. The number of ether oxygens (including phenoxy) is 3. The molecule has 3 aromatic carbocycles. The van der Waals surface area contributed by atoms with E-state index in [0.29, 0.717) is 24.5 Å². The molecule has 0 saturated carbocycles. The molecule has 0 amide bonds. The molecule has 5 rings (SSSR count). The number of rotatable bonds is 6. The Balaban J connectivity index is 1.60. The molecule has 1 heterocycles. The molecule has 0 aromatic heterocycles. The van der Waals surface area contributed by atoms with Gasteiger partial charge in [-0.3, -0.25) is 4.79 Å². The zero-order chi connectivity index (χ0) is 26.1. The van der Waals surface area contributed by atoms with Crippen molar-refractivity contribution < 1.29 is 24.1 Å². The van der Waals surface area contributed by atoms with Crippen molar-refractivity contribution in [3.05, 3.63) is 82.5 Å². The molecule has 1 aliphatic carbocycles. The number of phenolic OH excluding ortho intramolecular Hbond substituents is 1. The Labute approximate surface area is 221 Å². The van der Waals surface area contributed by atoms with Crippen molar-refractivity contribution >= 4 is 28.8 Å². The molecule has 0 bridgehead atoms. The van der Waals surface area contributed by atoms with Crippen LogP contribution in [0.2, 0.25) is 5.02 Å².